The monoisotopic (exact) mass is 396 g/mol. The summed E-state index contributed by atoms with van der Waals surface area (Å²) in [5.74, 6) is 3.58. The summed E-state index contributed by atoms with van der Waals surface area (Å²) in [5.41, 5.74) is 4.61. The molecule has 0 aromatic rings. The van der Waals surface area contributed by atoms with Gasteiger partial charge in [0.2, 0.25) is 0 Å². The van der Waals surface area contributed by atoms with E-state index in [0.29, 0.717) is 17.3 Å². The molecular weight excluding hydrogens is 352 g/mol. The second kappa shape index (κ2) is 9.38. The number of rotatable bonds is 5. The molecule has 3 aliphatic carbocycles. The Morgan fingerprint density at radius 2 is 1.79 bits per heavy atom. The summed E-state index contributed by atoms with van der Waals surface area (Å²) in [4.78, 5) is 0. The van der Waals surface area contributed by atoms with Crippen molar-refractivity contribution in [3.05, 3.63) is 47.6 Å². The quantitative estimate of drug-likeness (QED) is 0.473. The third kappa shape index (κ3) is 4.98. The summed E-state index contributed by atoms with van der Waals surface area (Å²) < 4.78 is 0. The first-order chi connectivity index (χ1) is 13.7. The summed E-state index contributed by atoms with van der Waals surface area (Å²) in [7, 11) is 0. The van der Waals surface area contributed by atoms with Gasteiger partial charge in [-0.1, -0.05) is 76.6 Å². The lowest BCUT2D eigenvalue weighted by Crippen LogP contribution is -2.35. The maximum absolute atomic E-state index is 10.0. The van der Waals surface area contributed by atoms with Gasteiger partial charge in [-0.25, -0.2) is 0 Å². The first-order valence-corrected chi connectivity index (χ1v) is 12.2. The Bertz CT molecular complexity index is 678. The minimum absolute atomic E-state index is 0.182. The molecule has 3 fully saturated rings. The van der Waals surface area contributed by atoms with Gasteiger partial charge < -0.3 is 5.11 Å². The standard InChI is InChI=1S/C28H44O/c1-19(2)20(3)9-10-22(5)26-15-16-27-23(8-7-17-28(26,27)6)12-13-24-18-25(29)14-11-21(24)4/h9-10,12-13,19-20,22,25-27,29H,4,7-8,11,14-18H2,1-3,5-6H3/b10-9+,23-12+,24-13+/t20-,22-,25-,26+,27+,28-/m0/s1. The number of allylic oxidation sites excluding steroid dienone is 6. The normalized spacial score (nSPS) is 38.2. The van der Waals surface area contributed by atoms with Crippen molar-refractivity contribution in [1.82, 2.24) is 0 Å². The van der Waals surface area contributed by atoms with Gasteiger partial charge in [-0.05, 0) is 91.9 Å². The Kier molecular flexibility index (Phi) is 7.31. The second-order valence-electron chi connectivity index (χ2n) is 10.9. The van der Waals surface area contributed by atoms with E-state index in [-0.39, 0.29) is 6.10 Å². The van der Waals surface area contributed by atoms with Gasteiger partial charge in [-0.15, -0.1) is 0 Å². The SMILES string of the molecule is C=C1CC[C@H](O)C/C1=C\C=C1/CCC[C@]2(C)[C@@H]1CC[C@@H]2[C@@H](C)/C=C/[C@H](C)C(C)C. The fourth-order valence-electron chi connectivity index (χ4n) is 6.25. The average molecular weight is 397 g/mol. The van der Waals surface area contributed by atoms with Crippen LogP contribution in [0.15, 0.2) is 47.6 Å². The zero-order chi connectivity index (χ0) is 21.2. The fraction of sp³-hybridized carbons (Fsp3) is 0.714. The first-order valence-electron chi connectivity index (χ1n) is 12.2. The lowest BCUT2D eigenvalue weighted by atomic mass is 9.61. The molecule has 0 radical (unpaired) electrons. The molecule has 0 aliphatic heterocycles. The van der Waals surface area contributed by atoms with Crippen LogP contribution in [0, 0.1) is 35.0 Å². The van der Waals surface area contributed by atoms with E-state index < -0.39 is 0 Å². The third-order valence-electron chi connectivity index (χ3n) is 8.63. The van der Waals surface area contributed by atoms with Gasteiger partial charge in [0.05, 0.1) is 6.10 Å². The lowest BCUT2D eigenvalue weighted by molar-refractivity contribution is 0.112. The van der Waals surface area contributed by atoms with Crippen molar-refractivity contribution in [3.8, 4) is 0 Å². The summed E-state index contributed by atoms with van der Waals surface area (Å²) in [6, 6.07) is 0. The number of fused-ring (bicyclic) bond motifs is 1. The number of aliphatic hydroxyl groups is 1. The molecule has 29 heavy (non-hydrogen) atoms. The van der Waals surface area contributed by atoms with E-state index >= 15 is 0 Å². The van der Waals surface area contributed by atoms with Crippen molar-refractivity contribution >= 4 is 0 Å². The highest BCUT2D eigenvalue weighted by molar-refractivity contribution is 5.36. The Labute approximate surface area is 180 Å². The molecule has 0 unspecified atom stereocenters. The topological polar surface area (TPSA) is 20.2 Å². The highest BCUT2D eigenvalue weighted by atomic mass is 16.3. The van der Waals surface area contributed by atoms with Crippen LogP contribution in [0.5, 0.6) is 0 Å². The zero-order valence-electron chi connectivity index (χ0n) is 19.6. The molecule has 1 heteroatoms. The smallest absolute Gasteiger partial charge is 0.0583 e. The Morgan fingerprint density at radius 3 is 2.52 bits per heavy atom. The highest BCUT2D eigenvalue weighted by Crippen LogP contribution is 2.59. The molecular formula is C28H44O. The van der Waals surface area contributed by atoms with Crippen LogP contribution < -0.4 is 0 Å². The molecule has 0 aromatic heterocycles. The van der Waals surface area contributed by atoms with Crippen molar-refractivity contribution < 1.29 is 5.11 Å². The Morgan fingerprint density at radius 1 is 1.03 bits per heavy atom. The molecule has 162 valence electrons. The van der Waals surface area contributed by atoms with Crippen LogP contribution in [0.2, 0.25) is 0 Å². The van der Waals surface area contributed by atoms with E-state index in [2.05, 4.69) is 65.5 Å². The van der Waals surface area contributed by atoms with Crippen LogP contribution >= 0.6 is 0 Å². The number of aliphatic hydroxyl groups excluding tert-OH is 1. The van der Waals surface area contributed by atoms with Crippen LogP contribution in [0.4, 0.5) is 0 Å². The summed E-state index contributed by atoms with van der Waals surface area (Å²) in [6.07, 6.45) is 18.8. The van der Waals surface area contributed by atoms with E-state index in [9.17, 15) is 5.11 Å². The predicted molar refractivity (Wildman–Crippen MR) is 126 cm³/mol. The van der Waals surface area contributed by atoms with Crippen LogP contribution in [0.3, 0.4) is 0 Å². The molecule has 0 saturated heterocycles. The summed E-state index contributed by atoms with van der Waals surface area (Å²) >= 11 is 0. The van der Waals surface area contributed by atoms with E-state index in [4.69, 9.17) is 0 Å². The van der Waals surface area contributed by atoms with Crippen molar-refractivity contribution in [1.29, 1.82) is 0 Å². The van der Waals surface area contributed by atoms with E-state index in [1.54, 1.807) is 5.57 Å². The molecule has 0 amide bonds. The second-order valence-corrected chi connectivity index (χ2v) is 10.9. The van der Waals surface area contributed by atoms with Gasteiger partial charge >= 0.3 is 0 Å². The molecule has 0 heterocycles. The van der Waals surface area contributed by atoms with Gasteiger partial charge in [0, 0.05) is 0 Å². The van der Waals surface area contributed by atoms with Crippen LogP contribution in [-0.2, 0) is 0 Å². The van der Waals surface area contributed by atoms with Crippen molar-refractivity contribution in [2.75, 3.05) is 0 Å². The summed E-state index contributed by atoms with van der Waals surface area (Å²) in [5, 5.41) is 10.0. The van der Waals surface area contributed by atoms with E-state index in [0.717, 1.165) is 37.0 Å². The third-order valence-corrected chi connectivity index (χ3v) is 8.63. The molecule has 1 N–H and O–H groups in total. The van der Waals surface area contributed by atoms with Crippen molar-refractivity contribution in [2.24, 2.45) is 35.0 Å². The Hall–Kier alpha value is -1.08. The van der Waals surface area contributed by atoms with Crippen molar-refractivity contribution in [2.45, 2.75) is 92.1 Å². The summed E-state index contributed by atoms with van der Waals surface area (Å²) in [6.45, 7) is 16.3. The van der Waals surface area contributed by atoms with Crippen LogP contribution in [-0.4, -0.2) is 11.2 Å². The molecule has 1 nitrogen and oxygen atoms in total. The molecule has 3 rings (SSSR count). The van der Waals surface area contributed by atoms with Crippen LogP contribution in [0.1, 0.15) is 86.0 Å². The van der Waals surface area contributed by atoms with Crippen LogP contribution in [0.25, 0.3) is 0 Å². The first kappa shape index (κ1) is 22.6. The predicted octanol–water partition coefficient (Wildman–Crippen LogP) is 7.64. The maximum Gasteiger partial charge on any atom is 0.0583 e. The molecule has 3 aliphatic rings. The number of hydrogen-bond donors (Lipinski definition) is 1. The van der Waals surface area contributed by atoms with Gasteiger partial charge in [0.25, 0.3) is 0 Å². The van der Waals surface area contributed by atoms with Gasteiger partial charge in [-0.2, -0.15) is 0 Å². The lowest BCUT2D eigenvalue weighted by Gasteiger charge is -2.44. The average Bonchev–Trinajstić information content (AvgIpc) is 3.04. The number of hydrogen-bond acceptors (Lipinski definition) is 1. The highest BCUT2D eigenvalue weighted by Gasteiger charge is 2.50. The molecule has 6 atom stereocenters. The molecule has 3 saturated carbocycles. The van der Waals surface area contributed by atoms with Gasteiger partial charge in [-0.3, -0.25) is 0 Å². The molecule has 0 spiro atoms. The maximum atomic E-state index is 10.0. The van der Waals surface area contributed by atoms with E-state index in [1.165, 1.54) is 43.3 Å². The van der Waals surface area contributed by atoms with Gasteiger partial charge in [0.1, 0.15) is 0 Å². The van der Waals surface area contributed by atoms with E-state index in [1.807, 2.05) is 0 Å². The van der Waals surface area contributed by atoms with Crippen molar-refractivity contribution in [3.63, 3.8) is 0 Å². The fourth-order valence-corrected chi connectivity index (χ4v) is 6.25. The zero-order valence-corrected chi connectivity index (χ0v) is 19.6. The Balaban J connectivity index is 1.75. The minimum atomic E-state index is -0.182. The largest absolute Gasteiger partial charge is 0.393 e. The molecule has 0 aromatic carbocycles. The minimum Gasteiger partial charge on any atom is -0.393 e. The molecule has 0 bridgehead atoms. The van der Waals surface area contributed by atoms with Gasteiger partial charge in [0.15, 0.2) is 0 Å².